The Morgan fingerprint density at radius 3 is 2.60 bits per heavy atom. The van der Waals surface area contributed by atoms with Crippen LogP contribution in [0.2, 0.25) is 0 Å². The van der Waals surface area contributed by atoms with Crippen molar-refractivity contribution in [1.29, 1.82) is 0 Å². The Morgan fingerprint density at radius 1 is 1.33 bits per heavy atom. The molecule has 1 rings (SSSR count). The summed E-state index contributed by atoms with van der Waals surface area (Å²) in [6.07, 6.45) is 4.87. The molecule has 2 unspecified atom stereocenters. The van der Waals surface area contributed by atoms with Crippen molar-refractivity contribution in [2.24, 2.45) is 11.8 Å². The molecule has 0 saturated heterocycles. The first-order valence-corrected chi connectivity index (χ1v) is 5.51. The fourth-order valence-electron chi connectivity index (χ4n) is 2.08. The highest BCUT2D eigenvalue weighted by Crippen LogP contribution is 2.28. The molecule has 15 heavy (non-hydrogen) atoms. The molecule has 0 spiro atoms. The molecular weight excluding hydrogens is 194 g/mol. The van der Waals surface area contributed by atoms with Crippen LogP contribution >= 0.6 is 0 Å². The fourth-order valence-corrected chi connectivity index (χ4v) is 2.08. The Morgan fingerprint density at radius 2 is 2.00 bits per heavy atom. The second-order valence-corrected chi connectivity index (χ2v) is 4.22. The van der Waals surface area contributed by atoms with Gasteiger partial charge in [-0.25, -0.2) is 4.79 Å². The Bertz CT molecular complexity index is 240. The molecule has 0 aromatic heterocycles. The highest BCUT2D eigenvalue weighted by atomic mass is 16.5. The van der Waals surface area contributed by atoms with E-state index in [1.54, 1.807) is 0 Å². The smallest absolute Gasteiger partial charge is 0.396 e. The van der Waals surface area contributed by atoms with E-state index < -0.39 is 11.9 Å². The van der Waals surface area contributed by atoms with Gasteiger partial charge in [0.15, 0.2) is 0 Å². The Kier molecular flexibility index (Phi) is 4.59. The summed E-state index contributed by atoms with van der Waals surface area (Å²) in [6.45, 7) is 2.79. The molecule has 0 heterocycles. The van der Waals surface area contributed by atoms with Crippen molar-refractivity contribution < 1.29 is 14.3 Å². The third-order valence-electron chi connectivity index (χ3n) is 3.18. The summed E-state index contributed by atoms with van der Waals surface area (Å²) in [6, 6.07) is 0. The van der Waals surface area contributed by atoms with Gasteiger partial charge in [0.1, 0.15) is 0 Å². The van der Waals surface area contributed by atoms with E-state index in [1.807, 2.05) is 0 Å². The van der Waals surface area contributed by atoms with Crippen molar-refractivity contribution in [3.8, 4) is 0 Å². The van der Waals surface area contributed by atoms with Crippen LogP contribution in [0.1, 0.15) is 32.6 Å². The molecule has 1 saturated carbocycles. The average molecular weight is 213 g/mol. The number of hydrogen-bond acceptors (Lipinski definition) is 3. The van der Waals surface area contributed by atoms with Crippen LogP contribution < -0.4 is 5.32 Å². The Balaban J connectivity index is 2.29. The van der Waals surface area contributed by atoms with Crippen molar-refractivity contribution in [2.45, 2.75) is 32.6 Å². The maximum absolute atomic E-state index is 11.1. The standard InChI is InChI=1S/C11H19NO3/c1-8-5-3-4-6-9(8)7-12-10(13)11(14)15-2/h8-9H,3-7H2,1-2H3,(H,12,13). The van der Waals surface area contributed by atoms with E-state index in [9.17, 15) is 9.59 Å². The minimum Gasteiger partial charge on any atom is -0.462 e. The highest BCUT2D eigenvalue weighted by molar-refractivity contribution is 6.32. The van der Waals surface area contributed by atoms with Gasteiger partial charge in [0.2, 0.25) is 0 Å². The molecule has 0 aromatic rings. The van der Waals surface area contributed by atoms with Gasteiger partial charge in [-0.15, -0.1) is 0 Å². The summed E-state index contributed by atoms with van der Waals surface area (Å²) in [5.41, 5.74) is 0. The van der Waals surface area contributed by atoms with Gasteiger partial charge in [-0.05, 0) is 18.3 Å². The van der Waals surface area contributed by atoms with Crippen molar-refractivity contribution in [3.63, 3.8) is 0 Å². The Hall–Kier alpha value is -1.06. The maximum atomic E-state index is 11.1. The zero-order valence-corrected chi connectivity index (χ0v) is 9.41. The molecule has 0 bridgehead atoms. The van der Waals surface area contributed by atoms with Gasteiger partial charge in [-0.2, -0.15) is 0 Å². The van der Waals surface area contributed by atoms with Crippen LogP contribution in [0.3, 0.4) is 0 Å². The largest absolute Gasteiger partial charge is 0.462 e. The third kappa shape index (κ3) is 3.53. The number of hydrogen-bond donors (Lipinski definition) is 1. The molecule has 1 amide bonds. The lowest BCUT2D eigenvalue weighted by atomic mass is 9.80. The maximum Gasteiger partial charge on any atom is 0.396 e. The summed E-state index contributed by atoms with van der Waals surface area (Å²) >= 11 is 0. The van der Waals surface area contributed by atoms with E-state index in [1.165, 1.54) is 26.4 Å². The predicted octanol–water partition coefficient (Wildman–Crippen LogP) is 1.10. The van der Waals surface area contributed by atoms with E-state index in [-0.39, 0.29) is 0 Å². The monoisotopic (exact) mass is 213 g/mol. The van der Waals surface area contributed by atoms with Crippen LogP contribution in [-0.2, 0) is 14.3 Å². The summed E-state index contributed by atoms with van der Waals surface area (Å²) in [5, 5.41) is 2.62. The summed E-state index contributed by atoms with van der Waals surface area (Å²) in [4.78, 5) is 22.0. The second-order valence-electron chi connectivity index (χ2n) is 4.22. The summed E-state index contributed by atoms with van der Waals surface area (Å²) in [5.74, 6) is -0.294. The number of amides is 1. The van der Waals surface area contributed by atoms with Crippen molar-refractivity contribution >= 4 is 11.9 Å². The zero-order chi connectivity index (χ0) is 11.3. The molecule has 4 heteroatoms. The predicted molar refractivity (Wildman–Crippen MR) is 56.1 cm³/mol. The molecule has 1 N–H and O–H groups in total. The number of ether oxygens (including phenoxy) is 1. The highest BCUT2D eigenvalue weighted by Gasteiger charge is 2.23. The molecule has 2 atom stereocenters. The molecule has 1 aliphatic carbocycles. The van der Waals surface area contributed by atoms with Gasteiger partial charge >= 0.3 is 11.9 Å². The van der Waals surface area contributed by atoms with E-state index in [4.69, 9.17) is 0 Å². The van der Waals surface area contributed by atoms with Gasteiger partial charge in [-0.3, -0.25) is 4.79 Å². The van der Waals surface area contributed by atoms with E-state index in [0.29, 0.717) is 18.4 Å². The van der Waals surface area contributed by atoms with E-state index in [2.05, 4.69) is 17.0 Å². The first-order valence-electron chi connectivity index (χ1n) is 5.51. The van der Waals surface area contributed by atoms with Crippen molar-refractivity contribution in [3.05, 3.63) is 0 Å². The number of rotatable bonds is 2. The first-order chi connectivity index (χ1) is 7.15. The molecule has 86 valence electrons. The number of methoxy groups -OCH3 is 1. The molecule has 1 aliphatic rings. The van der Waals surface area contributed by atoms with Gasteiger partial charge in [0.25, 0.3) is 0 Å². The minimum atomic E-state index is -0.807. The molecule has 0 radical (unpaired) electrons. The molecule has 0 aromatic carbocycles. The number of esters is 1. The van der Waals surface area contributed by atoms with E-state index >= 15 is 0 Å². The van der Waals surface area contributed by atoms with Gasteiger partial charge in [0.05, 0.1) is 7.11 Å². The average Bonchev–Trinajstić information content (AvgIpc) is 2.26. The fraction of sp³-hybridized carbons (Fsp3) is 0.818. The molecular formula is C11H19NO3. The molecule has 4 nitrogen and oxygen atoms in total. The third-order valence-corrected chi connectivity index (χ3v) is 3.18. The van der Waals surface area contributed by atoms with Gasteiger partial charge < -0.3 is 10.1 Å². The van der Waals surface area contributed by atoms with Crippen LogP contribution in [-0.4, -0.2) is 25.5 Å². The molecule has 1 fully saturated rings. The summed E-state index contributed by atoms with van der Waals surface area (Å²) in [7, 11) is 1.21. The lowest BCUT2D eigenvalue weighted by Gasteiger charge is -2.28. The van der Waals surface area contributed by atoms with Gasteiger partial charge in [-0.1, -0.05) is 26.2 Å². The number of carbonyl (C=O) groups excluding carboxylic acids is 2. The minimum absolute atomic E-state index is 0.507. The van der Waals surface area contributed by atoms with Crippen LogP contribution in [0.4, 0.5) is 0 Å². The van der Waals surface area contributed by atoms with Crippen LogP contribution in [0.25, 0.3) is 0 Å². The normalized spacial score (nSPS) is 25.7. The lowest BCUT2D eigenvalue weighted by Crippen LogP contribution is -2.37. The van der Waals surface area contributed by atoms with Crippen molar-refractivity contribution in [2.75, 3.05) is 13.7 Å². The van der Waals surface area contributed by atoms with Crippen LogP contribution in [0.5, 0.6) is 0 Å². The summed E-state index contributed by atoms with van der Waals surface area (Å²) < 4.78 is 4.33. The lowest BCUT2D eigenvalue weighted by molar-refractivity contribution is -0.152. The van der Waals surface area contributed by atoms with Crippen LogP contribution in [0, 0.1) is 11.8 Å². The topological polar surface area (TPSA) is 55.4 Å². The number of carbonyl (C=O) groups is 2. The first kappa shape index (κ1) is 12.0. The Labute approximate surface area is 90.4 Å². The SMILES string of the molecule is COC(=O)C(=O)NCC1CCCCC1C. The van der Waals surface area contributed by atoms with Crippen LogP contribution in [0.15, 0.2) is 0 Å². The quantitative estimate of drug-likeness (QED) is 0.552. The van der Waals surface area contributed by atoms with Gasteiger partial charge in [0, 0.05) is 6.54 Å². The zero-order valence-electron chi connectivity index (χ0n) is 9.41. The van der Waals surface area contributed by atoms with E-state index in [0.717, 1.165) is 6.42 Å². The number of nitrogens with one attached hydrogen (secondary N) is 1. The molecule has 0 aliphatic heterocycles. The second kappa shape index (κ2) is 5.73. The van der Waals surface area contributed by atoms with Crippen molar-refractivity contribution in [1.82, 2.24) is 5.32 Å².